The van der Waals surface area contributed by atoms with E-state index >= 15 is 0 Å². The number of hydrogen-bond acceptors (Lipinski definition) is 4. The monoisotopic (exact) mass is 536 g/mol. The molecule has 3 saturated carbocycles. The number of rotatable bonds is 8. The molecule has 4 aliphatic rings. The fourth-order valence-corrected chi connectivity index (χ4v) is 8.30. The van der Waals surface area contributed by atoms with Crippen LogP contribution in [0.1, 0.15) is 82.2 Å². The number of nitrogens with zero attached hydrogens (tertiary/aromatic N) is 5. The third-order valence-corrected chi connectivity index (χ3v) is 10.6. The number of aromatic amines is 1. The van der Waals surface area contributed by atoms with Crippen LogP contribution in [0.5, 0.6) is 0 Å². The molecule has 2 aromatic carbocycles. The van der Waals surface area contributed by atoms with Crippen LogP contribution in [0, 0.1) is 23.2 Å². The summed E-state index contributed by atoms with van der Waals surface area (Å²) in [6, 6.07) is 17.2. The van der Waals surface area contributed by atoms with Crippen LogP contribution < -0.4 is 5.56 Å². The summed E-state index contributed by atoms with van der Waals surface area (Å²) in [6.45, 7) is 8.16. The molecule has 1 aliphatic heterocycles. The van der Waals surface area contributed by atoms with Gasteiger partial charge in [-0.1, -0.05) is 82.1 Å². The number of nitrogens with one attached hydrogen (secondary N) is 1. The average Bonchev–Trinajstić information content (AvgIpc) is 3.61. The van der Waals surface area contributed by atoms with Crippen molar-refractivity contribution in [2.24, 2.45) is 23.2 Å². The number of aromatic nitrogens is 6. The number of hydrogen-bond donors (Lipinski definition) is 1. The summed E-state index contributed by atoms with van der Waals surface area (Å²) >= 11 is 0. The van der Waals surface area contributed by atoms with Gasteiger partial charge in [-0.2, -0.15) is 5.21 Å². The maximum absolute atomic E-state index is 14.2. The highest BCUT2D eigenvalue weighted by Crippen LogP contribution is 2.65. The summed E-state index contributed by atoms with van der Waals surface area (Å²) in [4.78, 5) is 14.2. The van der Waals surface area contributed by atoms with Gasteiger partial charge in [-0.05, 0) is 77.2 Å². The van der Waals surface area contributed by atoms with E-state index in [9.17, 15) is 4.79 Å². The van der Waals surface area contributed by atoms with Crippen LogP contribution in [-0.2, 0) is 19.4 Å². The fraction of sp³-hybridized carbons (Fsp3) is 0.515. The Balaban J connectivity index is 1.21. The van der Waals surface area contributed by atoms with Crippen molar-refractivity contribution in [1.82, 2.24) is 30.0 Å². The Morgan fingerprint density at radius 3 is 2.55 bits per heavy atom. The van der Waals surface area contributed by atoms with E-state index in [1.165, 1.54) is 43.4 Å². The van der Waals surface area contributed by atoms with Crippen LogP contribution in [0.4, 0.5) is 0 Å². The van der Waals surface area contributed by atoms with E-state index in [1.54, 1.807) is 0 Å². The Labute approximate surface area is 236 Å². The van der Waals surface area contributed by atoms with Crippen molar-refractivity contribution >= 4 is 0 Å². The predicted octanol–water partition coefficient (Wildman–Crippen LogP) is 6.45. The molecule has 4 unspecified atom stereocenters. The van der Waals surface area contributed by atoms with Crippen LogP contribution in [-0.4, -0.2) is 30.0 Å². The van der Waals surface area contributed by atoms with E-state index in [0.29, 0.717) is 29.6 Å². The molecule has 2 aromatic heterocycles. The second-order valence-electron chi connectivity index (χ2n) is 12.9. The van der Waals surface area contributed by atoms with E-state index in [2.05, 4.69) is 81.1 Å². The largest absolute Gasteiger partial charge is 0.286 e. The second kappa shape index (κ2) is 9.86. The van der Waals surface area contributed by atoms with Gasteiger partial charge in [-0.25, -0.2) is 4.68 Å². The second-order valence-corrected chi connectivity index (χ2v) is 12.9. The third-order valence-electron chi connectivity index (χ3n) is 10.6. The molecule has 4 atom stereocenters. The summed E-state index contributed by atoms with van der Waals surface area (Å²) in [7, 11) is 0. The molecule has 0 amide bonds. The molecule has 7 nitrogen and oxygen atoms in total. The zero-order chi connectivity index (χ0) is 27.4. The lowest BCUT2D eigenvalue weighted by atomic mass is 9.44. The first kappa shape index (κ1) is 25.5. The first-order chi connectivity index (χ1) is 19.5. The number of tetrazole rings is 1. The van der Waals surface area contributed by atoms with E-state index in [-0.39, 0.29) is 5.56 Å². The molecule has 40 heavy (non-hydrogen) atoms. The molecule has 0 radical (unpaired) electrons. The summed E-state index contributed by atoms with van der Waals surface area (Å²) in [5.41, 5.74) is 7.33. The first-order valence-corrected chi connectivity index (χ1v) is 15.2. The number of unbranched alkanes of at least 4 members (excludes halogenated alkanes) is 2. The quantitative estimate of drug-likeness (QED) is 0.263. The van der Waals surface area contributed by atoms with Crippen molar-refractivity contribution in [1.29, 1.82) is 0 Å². The van der Waals surface area contributed by atoms with Gasteiger partial charge in [-0.15, -0.1) is 10.2 Å². The summed E-state index contributed by atoms with van der Waals surface area (Å²) in [6.07, 6.45) is 8.98. The van der Waals surface area contributed by atoms with Crippen molar-refractivity contribution in [3.05, 3.63) is 75.7 Å². The highest BCUT2D eigenvalue weighted by atomic mass is 16.1. The minimum atomic E-state index is 0.270. The molecule has 3 aliphatic carbocycles. The van der Waals surface area contributed by atoms with E-state index < -0.39 is 0 Å². The normalized spacial score (nSPS) is 24.3. The number of H-pyrrole nitrogens is 1. The molecular weight excluding hydrogens is 496 g/mol. The smallest absolute Gasteiger partial charge is 0.270 e. The molecule has 7 heteroatoms. The van der Waals surface area contributed by atoms with Crippen LogP contribution in [0.2, 0.25) is 0 Å². The van der Waals surface area contributed by atoms with Gasteiger partial charge in [0.05, 0.1) is 6.04 Å². The molecule has 208 valence electrons. The summed E-state index contributed by atoms with van der Waals surface area (Å²) in [5.74, 6) is 2.75. The van der Waals surface area contributed by atoms with Gasteiger partial charge in [0, 0.05) is 29.8 Å². The zero-order valence-corrected chi connectivity index (χ0v) is 23.9. The van der Waals surface area contributed by atoms with Crippen LogP contribution in [0.25, 0.3) is 22.5 Å². The van der Waals surface area contributed by atoms with Gasteiger partial charge in [-0.3, -0.25) is 9.48 Å². The predicted molar refractivity (Wildman–Crippen MR) is 157 cm³/mol. The molecule has 4 aromatic rings. The zero-order valence-electron chi connectivity index (χ0n) is 23.9. The highest BCUT2D eigenvalue weighted by molar-refractivity contribution is 5.80. The standard InChI is InChI=1S/C33H40N6O/c1-4-5-6-11-29-27(32(40)39-30-20-23-19-28(33(23,2)3)26(30)16-17-38(29)39)18-21-12-14-22(15-13-21)24-9-7-8-10-25(24)31-34-36-37-35-31/h7-10,12-15,23,26,28,30H,4-6,11,16-20H2,1-3H3,(H,34,35,36,37). The molecular formula is C33H40N6O. The molecule has 0 spiro atoms. The lowest BCUT2D eigenvalue weighted by Gasteiger charge is -2.63. The van der Waals surface area contributed by atoms with Gasteiger partial charge in [0.15, 0.2) is 0 Å². The third kappa shape index (κ3) is 4.00. The Hall–Kier alpha value is -3.48. The maximum atomic E-state index is 14.2. The van der Waals surface area contributed by atoms with Gasteiger partial charge in [0.25, 0.3) is 5.56 Å². The lowest BCUT2D eigenvalue weighted by Crippen LogP contribution is -2.58. The first-order valence-electron chi connectivity index (χ1n) is 15.2. The minimum absolute atomic E-state index is 0.270. The average molecular weight is 537 g/mol. The minimum Gasteiger partial charge on any atom is -0.286 e. The van der Waals surface area contributed by atoms with E-state index in [1.807, 2.05) is 18.2 Å². The maximum Gasteiger partial charge on any atom is 0.270 e. The van der Waals surface area contributed by atoms with Crippen LogP contribution >= 0.6 is 0 Å². The highest BCUT2D eigenvalue weighted by Gasteiger charge is 2.59. The SMILES string of the molecule is CCCCCc1c(Cc2ccc(-c3ccccc3-c3nn[nH]n3)cc2)c(=O)n2n1CCC1C2CC2CC1C2(C)C. The van der Waals surface area contributed by atoms with Crippen LogP contribution in [0.15, 0.2) is 53.3 Å². The van der Waals surface area contributed by atoms with E-state index in [4.69, 9.17) is 0 Å². The van der Waals surface area contributed by atoms with Crippen molar-refractivity contribution in [2.45, 2.75) is 84.7 Å². The number of benzene rings is 2. The lowest BCUT2D eigenvalue weighted by molar-refractivity contribution is -0.145. The van der Waals surface area contributed by atoms with Crippen molar-refractivity contribution in [2.75, 3.05) is 0 Å². The Morgan fingerprint density at radius 1 is 1.02 bits per heavy atom. The Kier molecular flexibility index (Phi) is 6.28. The van der Waals surface area contributed by atoms with Crippen molar-refractivity contribution < 1.29 is 0 Å². The molecule has 0 saturated heterocycles. The fourth-order valence-electron chi connectivity index (χ4n) is 8.30. The molecule has 3 heterocycles. The molecule has 3 fully saturated rings. The van der Waals surface area contributed by atoms with Crippen molar-refractivity contribution in [3.8, 4) is 22.5 Å². The summed E-state index contributed by atoms with van der Waals surface area (Å²) < 4.78 is 4.65. The van der Waals surface area contributed by atoms with E-state index in [0.717, 1.165) is 53.5 Å². The molecule has 1 N–H and O–H groups in total. The van der Waals surface area contributed by atoms with Gasteiger partial charge in [0.1, 0.15) is 0 Å². The molecule has 2 bridgehead atoms. The topological polar surface area (TPSA) is 81.4 Å². The molecule has 8 rings (SSSR count). The van der Waals surface area contributed by atoms with Gasteiger partial charge < -0.3 is 0 Å². The van der Waals surface area contributed by atoms with Gasteiger partial charge >= 0.3 is 0 Å². The van der Waals surface area contributed by atoms with Crippen molar-refractivity contribution in [3.63, 3.8) is 0 Å². The Morgan fingerprint density at radius 2 is 1.82 bits per heavy atom. The summed E-state index contributed by atoms with van der Waals surface area (Å²) in [5, 5.41) is 14.7. The number of fused-ring (bicyclic) bond motifs is 1. The van der Waals surface area contributed by atoms with Gasteiger partial charge in [0.2, 0.25) is 5.82 Å². The van der Waals surface area contributed by atoms with Crippen LogP contribution in [0.3, 0.4) is 0 Å². The Bertz CT molecular complexity index is 1560.